The van der Waals surface area contributed by atoms with Gasteiger partial charge in [0.1, 0.15) is 0 Å². The van der Waals surface area contributed by atoms with E-state index in [2.05, 4.69) is 10.3 Å². The van der Waals surface area contributed by atoms with E-state index in [1.54, 1.807) is 48.7 Å². The van der Waals surface area contributed by atoms with Crippen molar-refractivity contribution in [1.29, 1.82) is 0 Å². The molecule has 4 rings (SSSR count). The molecule has 1 heterocycles. The van der Waals surface area contributed by atoms with Crippen LogP contribution < -0.4 is 9.62 Å². The lowest BCUT2D eigenvalue weighted by Crippen LogP contribution is -2.30. The summed E-state index contributed by atoms with van der Waals surface area (Å²) in [5, 5.41) is 3.60. The highest BCUT2D eigenvalue weighted by atomic mass is 32.2. The van der Waals surface area contributed by atoms with Gasteiger partial charge in [-0.25, -0.2) is 0 Å². The van der Waals surface area contributed by atoms with Gasteiger partial charge in [0.05, 0.1) is 46.9 Å². The largest absolute Gasteiger partial charge is 0.755 e. The van der Waals surface area contributed by atoms with Gasteiger partial charge >= 0.3 is 0 Å². The number of rotatable bonds is 9. The summed E-state index contributed by atoms with van der Waals surface area (Å²) in [5.74, 6) is -0.391. The molecule has 0 saturated carbocycles. The van der Waals surface area contributed by atoms with Crippen LogP contribution in [0.15, 0.2) is 91.1 Å². The number of nitrogens with zero attached hydrogens (tertiary/aromatic N) is 2. The van der Waals surface area contributed by atoms with Crippen molar-refractivity contribution in [3.8, 4) is 0 Å². The summed E-state index contributed by atoms with van der Waals surface area (Å²) in [6, 6.07) is 25.2. The zero-order valence-electron chi connectivity index (χ0n) is 17.7. The van der Waals surface area contributed by atoms with E-state index in [9.17, 15) is 13.6 Å². The third-order valence-corrected chi connectivity index (χ3v) is 5.68. The van der Waals surface area contributed by atoms with E-state index >= 15 is 0 Å². The van der Waals surface area contributed by atoms with Gasteiger partial charge in [-0.15, -0.1) is 0 Å². The number of amides is 1. The Hall–Kier alpha value is -3.59. The fourth-order valence-electron chi connectivity index (χ4n) is 3.48. The molecule has 1 atom stereocenters. The molecular formula is C25H22N3O4S-. The van der Waals surface area contributed by atoms with Gasteiger partial charge in [0.15, 0.2) is 0 Å². The first-order chi connectivity index (χ1) is 16.1. The van der Waals surface area contributed by atoms with Crippen LogP contribution >= 0.6 is 0 Å². The highest BCUT2D eigenvalue weighted by Crippen LogP contribution is 2.34. The standard InChI is InChI=1S/C25H23N3O4S/c29-25(27-16-17-32-18-19-8-2-1-3-9-19)21-12-4-5-13-22(21)28(33(30)31)23-14-6-10-20-11-7-15-26-24(20)23/h1-15H,16-18H2,(H,27,29)(H,30,31)/p-1. The highest BCUT2D eigenvalue weighted by molar-refractivity contribution is 7.81. The maximum absolute atomic E-state index is 12.9. The summed E-state index contributed by atoms with van der Waals surface area (Å²) in [5.41, 5.74) is 2.41. The van der Waals surface area contributed by atoms with Crippen molar-refractivity contribution in [2.45, 2.75) is 6.61 Å². The summed E-state index contributed by atoms with van der Waals surface area (Å²) in [6.07, 6.45) is 1.60. The zero-order valence-corrected chi connectivity index (χ0v) is 18.5. The second-order valence-electron chi connectivity index (χ2n) is 7.17. The number of anilines is 2. The first-order valence-electron chi connectivity index (χ1n) is 10.4. The number of pyridine rings is 1. The Balaban J connectivity index is 1.51. The lowest BCUT2D eigenvalue weighted by atomic mass is 10.1. The van der Waals surface area contributed by atoms with Gasteiger partial charge in [0.2, 0.25) is 0 Å². The maximum atomic E-state index is 12.9. The maximum Gasteiger partial charge on any atom is 0.253 e. The van der Waals surface area contributed by atoms with Gasteiger partial charge in [0.25, 0.3) is 5.91 Å². The van der Waals surface area contributed by atoms with E-state index in [0.29, 0.717) is 24.4 Å². The molecule has 0 aliphatic rings. The van der Waals surface area contributed by atoms with Crippen LogP contribution in [-0.4, -0.2) is 32.8 Å². The molecule has 33 heavy (non-hydrogen) atoms. The molecular weight excluding hydrogens is 438 g/mol. The van der Waals surface area contributed by atoms with Crippen LogP contribution in [0.25, 0.3) is 10.9 Å². The molecule has 1 amide bonds. The van der Waals surface area contributed by atoms with Crippen molar-refractivity contribution < 1.29 is 18.3 Å². The number of para-hydroxylation sites is 2. The molecule has 0 fully saturated rings. The van der Waals surface area contributed by atoms with E-state index in [4.69, 9.17) is 4.74 Å². The number of carbonyl (C=O) groups is 1. The minimum atomic E-state index is -2.68. The number of fused-ring (bicyclic) bond motifs is 1. The highest BCUT2D eigenvalue weighted by Gasteiger charge is 2.20. The number of benzene rings is 3. The number of carbonyl (C=O) groups excluding carboxylic acids is 1. The molecule has 0 aliphatic heterocycles. The van der Waals surface area contributed by atoms with Crippen LogP contribution in [0, 0.1) is 0 Å². The zero-order chi connectivity index (χ0) is 23.0. The molecule has 8 heteroatoms. The van der Waals surface area contributed by atoms with E-state index in [1.807, 2.05) is 42.5 Å². The van der Waals surface area contributed by atoms with Gasteiger partial charge in [-0.1, -0.05) is 60.7 Å². The quantitative estimate of drug-likeness (QED) is 0.300. The number of nitrogens with one attached hydrogen (secondary N) is 1. The summed E-state index contributed by atoms with van der Waals surface area (Å²) in [4.78, 5) is 17.3. The van der Waals surface area contributed by atoms with Gasteiger partial charge in [-0.3, -0.25) is 18.3 Å². The molecule has 1 N–H and O–H groups in total. The molecule has 3 aromatic carbocycles. The molecule has 168 valence electrons. The van der Waals surface area contributed by atoms with Crippen LogP contribution in [0.5, 0.6) is 0 Å². The number of hydrogen-bond acceptors (Lipinski definition) is 5. The fourth-order valence-corrected chi connectivity index (χ4v) is 4.11. The van der Waals surface area contributed by atoms with Crippen LogP contribution in [0.2, 0.25) is 0 Å². The Morgan fingerprint density at radius 2 is 1.67 bits per heavy atom. The SMILES string of the molecule is O=C(NCCOCc1ccccc1)c1ccccc1N(c1cccc2cccnc12)S(=O)[O-]. The Morgan fingerprint density at radius 3 is 2.48 bits per heavy atom. The van der Waals surface area contributed by atoms with E-state index < -0.39 is 17.2 Å². The summed E-state index contributed by atoms with van der Waals surface area (Å²) in [7, 11) is 0. The van der Waals surface area contributed by atoms with E-state index in [-0.39, 0.29) is 17.8 Å². The van der Waals surface area contributed by atoms with E-state index in [1.165, 1.54) is 0 Å². The van der Waals surface area contributed by atoms with Crippen LogP contribution in [0.4, 0.5) is 11.4 Å². The smallest absolute Gasteiger partial charge is 0.253 e. The van der Waals surface area contributed by atoms with Crippen LogP contribution in [0.1, 0.15) is 15.9 Å². The minimum absolute atomic E-state index is 0.234. The summed E-state index contributed by atoms with van der Waals surface area (Å²) >= 11 is -2.68. The molecule has 1 aromatic heterocycles. The van der Waals surface area contributed by atoms with Crippen LogP contribution in [0.3, 0.4) is 0 Å². The fraction of sp³-hybridized carbons (Fsp3) is 0.120. The molecule has 0 saturated heterocycles. The Bertz CT molecular complexity index is 1260. The lowest BCUT2D eigenvalue weighted by Gasteiger charge is -2.28. The predicted octanol–water partition coefficient (Wildman–Crippen LogP) is 4.11. The molecule has 1 unspecified atom stereocenters. The first-order valence-corrected chi connectivity index (χ1v) is 11.4. The third kappa shape index (κ3) is 5.43. The van der Waals surface area contributed by atoms with Crippen LogP contribution in [-0.2, 0) is 22.6 Å². The van der Waals surface area contributed by atoms with Crippen molar-refractivity contribution >= 4 is 39.5 Å². The number of hydrogen-bond donors (Lipinski definition) is 1. The number of ether oxygens (including phenoxy) is 1. The van der Waals surface area contributed by atoms with Crippen molar-refractivity contribution in [2.24, 2.45) is 0 Å². The number of aromatic nitrogens is 1. The van der Waals surface area contributed by atoms with Gasteiger partial charge in [-0.2, -0.15) is 0 Å². The van der Waals surface area contributed by atoms with Crippen molar-refractivity contribution in [1.82, 2.24) is 10.3 Å². The van der Waals surface area contributed by atoms with Gasteiger partial charge < -0.3 is 14.6 Å². The molecule has 0 aliphatic carbocycles. The average Bonchev–Trinajstić information content (AvgIpc) is 2.85. The first kappa shape index (κ1) is 22.6. The monoisotopic (exact) mass is 460 g/mol. The van der Waals surface area contributed by atoms with Gasteiger partial charge in [-0.05, 0) is 29.8 Å². The van der Waals surface area contributed by atoms with Crippen molar-refractivity contribution in [3.05, 3.63) is 102 Å². The minimum Gasteiger partial charge on any atom is -0.755 e. The molecule has 4 aromatic rings. The molecule has 0 radical (unpaired) electrons. The summed E-state index contributed by atoms with van der Waals surface area (Å²) < 4.78 is 31.3. The lowest BCUT2D eigenvalue weighted by molar-refractivity contribution is 0.0901. The Kier molecular flexibility index (Phi) is 7.41. The predicted molar refractivity (Wildman–Crippen MR) is 128 cm³/mol. The second-order valence-corrected chi connectivity index (χ2v) is 7.97. The average molecular weight is 461 g/mol. The molecule has 0 bridgehead atoms. The van der Waals surface area contributed by atoms with E-state index in [0.717, 1.165) is 15.3 Å². The summed E-state index contributed by atoms with van der Waals surface area (Å²) in [6.45, 7) is 1.06. The third-order valence-electron chi connectivity index (χ3n) is 4.99. The Morgan fingerprint density at radius 1 is 0.939 bits per heavy atom. The molecule has 7 nitrogen and oxygen atoms in total. The molecule has 0 spiro atoms. The van der Waals surface area contributed by atoms with Crippen molar-refractivity contribution in [3.63, 3.8) is 0 Å². The Labute approximate surface area is 194 Å². The van der Waals surface area contributed by atoms with Gasteiger partial charge in [0, 0.05) is 18.1 Å². The second kappa shape index (κ2) is 10.8. The normalized spacial score (nSPS) is 11.8. The topological polar surface area (TPSA) is 94.6 Å². The van der Waals surface area contributed by atoms with Crippen molar-refractivity contribution in [2.75, 3.05) is 17.5 Å².